The van der Waals surface area contributed by atoms with Crippen LogP contribution in [0.4, 0.5) is 5.82 Å². The first-order valence-electron chi connectivity index (χ1n) is 17.8. The van der Waals surface area contributed by atoms with Crippen LogP contribution >= 0.6 is 11.8 Å². The van der Waals surface area contributed by atoms with Crippen molar-refractivity contribution < 1.29 is 27.3 Å². The highest BCUT2D eigenvalue weighted by Gasteiger charge is 2.13. The van der Waals surface area contributed by atoms with E-state index in [2.05, 4.69) is 70.3 Å². The lowest BCUT2D eigenvalue weighted by Crippen LogP contribution is -2.29. The quantitative estimate of drug-likeness (QED) is 0.00966. The van der Waals surface area contributed by atoms with Crippen LogP contribution in [0.2, 0.25) is 0 Å². The number of pyridine rings is 2. The maximum absolute atomic E-state index is 12.3. The predicted octanol–water partition coefficient (Wildman–Crippen LogP) is 5.73. The summed E-state index contributed by atoms with van der Waals surface area (Å²) in [5.41, 5.74) is 8.21. The highest BCUT2D eigenvalue weighted by Crippen LogP contribution is 2.30. The third-order valence-corrected chi connectivity index (χ3v) is 10.5. The number of amides is 1. The van der Waals surface area contributed by atoms with Crippen LogP contribution in [0.5, 0.6) is 5.75 Å². The first kappa shape index (κ1) is 43.7. The van der Waals surface area contributed by atoms with Gasteiger partial charge in [-0.2, -0.15) is 13.5 Å². The van der Waals surface area contributed by atoms with Gasteiger partial charge in [0.15, 0.2) is 6.29 Å². The van der Waals surface area contributed by atoms with Gasteiger partial charge in [0.2, 0.25) is 0 Å². The molecule has 0 saturated carbocycles. The zero-order valence-corrected chi connectivity index (χ0v) is 33.2. The van der Waals surface area contributed by atoms with Gasteiger partial charge in [0, 0.05) is 41.9 Å². The molecule has 0 radical (unpaired) electrons. The summed E-state index contributed by atoms with van der Waals surface area (Å²) in [5.74, 6) is 13.2. The van der Waals surface area contributed by atoms with Crippen molar-refractivity contribution in [3.8, 4) is 5.75 Å². The minimum atomic E-state index is -4.28. The van der Waals surface area contributed by atoms with E-state index >= 15 is 0 Å². The second-order valence-corrected chi connectivity index (χ2v) is 14.7. The van der Waals surface area contributed by atoms with E-state index in [4.69, 9.17) is 26.0 Å². The minimum absolute atomic E-state index is 0.0417. The first-order chi connectivity index (χ1) is 27.5. The van der Waals surface area contributed by atoms with E-state index in [1.54, 1.807) is 30.0 Å². The van der Waals surface area contributed by atoms with Crippen molar-refractivity contribution in [2.75, 3.05) is 25.1 Å². The second kappa shape index (κ2) is 22.5. The Kier molecular flexibility index (Phi) is 17.2. The lowest BCUT2D eigenvalue weighted by atomic mass is 10.2. The van der Waals surface area contributed by atoms with Crippen LogP contribution in [0.25, 0.3) is 6.08 Å². The summed E-state index contributed by atoms with van der Waals surface area (Å²) in [6.07, 6.45) is 6.94. The molecule has 0 atom stereocenters. The van der Waals surface area contributed by atoms with Gasteiger partial charge in [0.1, 0.15) is 28.0 Å². The van der Waals surface area contributed by atoms with Gasteiger partial charge in [-0.15, -0.1) is 11.8 Å². The Morgan fingerprint density at radius 3 is 2.30 bits per heavy atom. The number of aromatic nitrogens is 2. The molecule has 0 aliphatic carbocycles. The second-order valence-electron chi connectivity index (χ2n) is 12.4. The number of amidine groups is 1. The molecule has 0 aliphatic heterocycles. The van der Waals surface area contributed by atoms with Gasteiger partial charge in [0.05, 0.1) is 17.9 Å². The fraction of sp³-hybridized carbons (Fsp3) is 0.195. The fourth-order valence-corrected chi connectivity index (χ4v) is 6.97. The minimum Gasteiger partial charge on any atom is -0.491 e. The lowest BCUT2D eigenvalue weighted by molar-refractivity contribution is 0.0952. The number of hydrogen-bond acceptors (Lipinski definition) is 12. The van der Waals surface area contributed by atoms with Crippen LogP contribution in [-0.4, -0.2) is 60.7 Å². The van der Waals surface area contributed by atoms with Gasteiger partial charge in [-0.25, -0.2) is 15.8 Å². The maximum Gasteiger partial charge on any atom is 0.295 e. The largest absolute Gasteiger partial charge is 0.491 e. The normalized spacial score (nSPS) is 11.3. The molecule has 1 amide bonds. The number of nitrogens with two attached hydrogens (primary N) is 2. The highest BCUT2D eigenvalue weighted by atomic mass is 32.2. The van der Waals surface area contributed by atoms with Crippen LogP contribution in [0.3, 0.4) is 0 Å². The van der Waals surface area contributed by atoms with Gasteiger partial charge in [-0.3, -0.25) is 14.1 Å². The molecule has 5 aromatic rings. The molecule has 0 saturated heterocycles. The van der Waals surface area contributed by atoms with Crippen LogP contribution < -0.4 is 32.5 Å². The van der Waals surface area contributed by atoms with Gasteiger partial charge < -0.3 is 26.6 Å². The molecule has 8 N–H and O–H groups in total. The molecule has 0 aliphatic rings. The zero-order chi connectivity index (χ0) is 41.0. The average Bonchev–Trinajstić information content (AvgIpc) is 3.22. The Hall–Kier alpha value is -6.07. The smallest absolute Gasteiger partial charge is 0.295 e. The van der Waals surface area contributed by atoms with Crippen molar-refractivity contribution in [1.29, 1.82) is 0 Å². The number of carbonyl (C=O) groups is 2. The van der Waals surface area contributed by atoms with Crippen molar-refractivity contribution in [2.24, 2.45) is 16.8 Å². The standard InChI is InChI=1S/C34H40N8O2S.C7H6O4S/c1-24-8-6-9-25(2)33(24)45-23-28-13-15-30(44-21-18-26-10-4-3-5-11-26)29(40-28)14-17-31(41-35)37-19-7-20-38-34(43)27-12-16-32(42-36)39-22-27;8-5-6-3-1-2-4-7(6)12(9,10)11/h3-6,8-17,22H,7,18-21,23,35-36H2,1-2H3,(H,37,41)(H,38,43)(H,39,42);1-5H,(H,9,10,11)/b17-14+;. The van der Waals surface area contributed by atoms with Crippen molar-refractivity contribution in [2.45, 2.75) is 42.2 Å². The molecule has 0 spiro atoms. The molecule has 3 aromatic carbocycles. The molecule has 0 unspecified atom stereocenters. The maximum atomic E-state index is 12.3. The highest BCUT2D eigenvalue weighted by molar-refractivity contribution is 7.98. The number of nitrogens with one attached hydrogen (secondary N) is 3. The number of nitrogen functional groups attached to an aromatic ring is 1. The van der Waals surface area contributed by atoms with Crippen molar-refractivity contribution in [3.63, 3.8) is 0 Å². The number of benzene rings is 3. The SMILES string of the molecule is Cc1cccc(C)c1SCc1ccc(OCCc2ccccc2)c(/C=C/C(=NN)NCCCNC(=O)c2ccc(NN)nc2)n1.O=Cc1ccccc1S(=O)(=O)O. The third-order valence-electron chi connectivity index (χ3n) is 8.19. The number of hydrogen-bond donors (Lipinski definition) is 6. The van der Waals surface area contributed by atoms with Crippen LogP contribution in [0, 0.1) is 13.8 Å². The Bertz CT molecular complexity index is 2230. The zero-order valence-electron chi connectivity index (χ0n) is 31.6. The molecule has 14 nitrogen and oxygen atoms in total. The number of hydrazine groups is 1. The number of rotatable bonds is 17. The van der Waals surface area contributed by atoms with Gasteiger partial charge in [-0.1, -0.05) is 66.7 Å². The number of aryl methyl sites for hydroxylation is 2. The van der Waals surface area contributed by atoms with Gasteiger partial charge >= 0.3 is 0 Å². The van der Waals surface area contributed by atoms with E-state index < -0.39 is 10.1 Å². The molecule has 2 aromatic heterocycles. The van der Waals surface area contributed by atoms with E-state index in [1.165, 1.54) is 52.0 Å². The van der Waals surface area contributed by atoms with E-state index in [1.807, 2.05) is 36.4 Å². The summed E-state index contributed by atoms with van der Waals surface area (Å²) in [7, 11) is -4.28. The monoisotopic (exact) mass is 810 g/mol. The molecule has 0 bridgehead atoms. The van der Waals surface area contributed by atoms with E-state index in [-0.39, 0.29) is 16.4 Å². The number of thioether (sulfide) groups is 1. The van der Waals surface area contributed by atoms with Crippen LogP contribution in [-0.2, 0) is 22.3 Å². The van der Waals surface area contributed by atoms with Crippen molar-refractivity contribution >= 4 is 51.8 Å². The molecular formula is C41H46N8O6S2. The lowest BCUT2D eigenvalue weighted by Gasteiger charge is -2.12. The molecular weight excluding hydrogens is 765 g/mol. The molecule has 57 heavy (non-hydrogen) atoms. The van der Waals surface area contributed by atoms with Crippen LogP contribution in [0.15, 0.2) is 124 Å². The first-order valence-corrected chi connectivity index (χ1v) is 20.2. The third kappa shape index (κ3) is 14.2. The number of ether oxygens (including phenoxy) is 1. The summed E-state index contributed by atoms with van der Waals surface area (Å²) >= 11 is 1.78. The van der Waals surface area contributed by atoms with Gasteiger partial charge in [-0.05, 0) is 79.4 Å². The van der Waals surface area contributed by atoms with E-state index in [0.29, 0.717) is 61.1 Å². The Labute approximate surface area is 337 Å². The Morgan fingerprint density at radius 2 is 1.65 bits per heavy atom. The van der Waals surface area contributed by atoms with Gasteiger partial charge in [0.25, 0.3) is 16.0 Å². The number of hydrazone groups is 1. The molecule has 298 valence electrons. The average molecular weight is 811 g/mol. The number of carbonyl (C=O) groups excluding carboxylic acids is 2. The summed E-state index contributed by atoms with van der Waals surface area (Å²) in [5, 5.41) is 9.96. The summed E-state index contributed by atoms with van der Waals surface area (Å²) in [6, 6.07) is 29.3. The van der Waals surface area contributed by atoms with E-state index in [0.717, 1.165) is 17.9 Å². The molecule has 5 rings (SSSR count). The topological polar surface area (TPSA) is 224 Å². The molecule has 16 heteroatoms. The van der Waals surface area contributed by atoms with Crippen molar-refractivity contribution in [1.82, 2.24) is 20.6 Å². The van der Waals surface area contributed by atoms with Crippen LogP contribution in [0.1, 0.15) is 55.2 Å². The Morgan fingerprint density at radius 1 is 0.930 bits per heavy atom. The summed E-state index contributed by atoms with van der Waals surface area (Å²) in [6.45, 7) is 5.80. The summed E-state index contributed by atoms with van der Waals surface area (Å²) in [4.78, 5) is 32.5. The number of anilines is 1. The molecule has 0 fully saturated rings. The predicted molar refractivity (Wildman–Crippen MR) is 225 cm³/mol. The van der Waals surface area contributed by atoms with E-state index in [9.17, 15) is 18.0 Å². The number of nitrogens with zero attached hydrogens (tertiary/aromatic N) is 3. The summed E-state index contributed by atoms with van der Waals surface area (Å²) < 4.78 is 36.0. The number of aldehydes is 1. The fourth-order valence-electron chi connectivity index (χ4n) is 5.26. The molecule has 2 heterocycles. The Balaban J connectivity index is 0.000000512. The van der Waals surface area contributed by atoms with Crippen molar-refractivity contribution in [3.05, 3.63) is 149 Å².